The molecule has 4 rings (SSSR count). The van der Waals surface area contributed by atoms with Crippen molar-refractivity contribution in [2.45, 2.75) is 26.8 Å². The molecule has 0 spiro atoms. The van der Waals surface area contributed by atoms with Gasteiger partial charge in [-0.25, -0.2) is 4.98 Å². The molecular formula is C23H26N4O2. The molecule has 1 aliphatic heterocycles. The van der Waals surface area contributed by atoms with E-state index in [9.17, 15) is 9.59 Å². The van der Waals surface area contributed by atoms with Gasteiger partial charge in [-0.3, -0.25) is 18.9 Å². The van der Waals surface area contributed by atoms with Crippen molar-refractivity contribution in [1.82, 2.24) is 19.2 Å². The number of amides is 1. The molecule has 29 heavy (non-hydrogen) atoms. The largest absolute Gasteiger partial charge is 0.337 e. The van der Waals surface area contributed by atoms with E-state index in [1.807, 2.05) is 55.1 Å². The van der Waals surface area contributed by atoms with Crippen molar-refractivity contribution in [3.8, 4) is 0 Å². The van der Waals surface area contributed by atoms with Gasteiger partial charge in [0.05, 0.1) is 5.69 Å². The van der Waals surface area contributed by atoms with Crippen LogP contribution in [0.2, 0.25) is 0 Å². The molecule has 150 valence electrons. The second-order valence-corrected chi connectivity index (χ2v) is 7.76. The molecule has 0 atom stereocenters. The molecule has 0 saturated carbocycles. The Labute approximate surface area is 170 Å². The van der Waals surface area contributed by atoms with Crippen LogP contribution in [0.4, 0.5) is 0 Å². The van der Waals surface area contributed by atoms with E-state index in [1.54, 1.807) is 16.7 Å². The predicted molar refractivity (Wildman–Crippen MR) is 113 cm³/mol. The number of aromatic nitrogens is 2. The SMILES string of the molecule is Cc1cccc(C(=O)N2CCCN(Cc3cc(=O)n4cccc(C)c4n3)CC2)c1. The van der Waals surface area contributed by atoms with Gasteiger partial charge in [0.2, 0.25) is 0 Å². The number of hydrogen-bond donors (Lipinski definition) is 0. The zero-order valence-corrected chi connectivity index (χ0v) is 17.0. The van der Waals surface area contributed by atoms with Crippen LogP contribution < -0.4 is 5.56 Å². The molecule has 0 aliphatic carbocycles. The summed E-state index contributed by atoms with van der Waals surface area (Å²) in [4.78, 5) is 34.2. The van der Waals surface area contributed by atoms with Crippen molar-refractivity contribution in [1.29, 1.82) is 0 Å². The maximum Gasteiger partial charge on any atom is 0.258 e. The van der Waals surface area contributed by atoms with E-state index in [0.717, 1.165) is 48.4 Å². The quantitative estimate of drug-likeness (QED) is 0.690. The highest BCUT2D eigenvalue weighted by Gasteiger charge is 2.21. The number of benzene rings is 1. The van der Waals surface area contributed by atoms with Crippen molar-refractivity contribution in [3.05, 3.63) is 81.4 Å². The first kappa shape index (κ1) is 19.3. The highest BCUT2D eigenvalue weighted by molar-refractivity contribution is 5.94. The summed E-state index contributed by atoms with van der Waals surface area (Å²) in [6.45, 7) is 7.66. The molecule has 2 aromatic heterocycles. The highest BCUT2D eigenvalue weighted by Crippen LogP contribution is 2.13. The summed E-state index contributed by atoms with van der Waals surface area (Å²) in [6, 6.07) is 13.2. The third kappa shape index (κ3) is 4.22. The number of carbonyl (C=O) groups excluding carboxylic acids is 1. The molecule has 0 radical (unpaired) electrons. The first-order valence-electron chi connectivity index (χ1n) is 10.1. The normalized spacial score (nSPS) is 15.4. The van der Waals surface area contributed by atoms with Crippen LogP contribution in [0.25, 0.3) is 5.65 Å². The Morgan fingerprint density at radius 1 is 1.03 bits per heavy atom. The Balaban J connectivity index is 1.47. The monoisotopic (exact) mass is 390 g/mol. The van der Waals surface area contributed by atoms with Crippen LogP contribution in [0.1, 0.15) is 33.6 Å². The summed E-state index contributed by atoms with van der Waals surface area (Å²) in [5.74, 6) is 0.0910. The Bertz CT molecular complexity index is 1110. The van der Waals surface area contributed by atoms with E-state index in [1.165, 1.54) is 0 Å². The standard InChI is InChI=1S/C23H26N4O2/c1-17-6-3-8-19(14-17)23(29)26-10-5-9-25(12-13-26)16-20-15-21(28)27-11-4-7-18(2)22(27)24-20/h3-4,6-8,11,14-15H,5,9-10,12-13,16H2,1-2H3. The Kier molecular flexibility index (Phi) is 5.45. The van der Waals surface area contributed by atoms with Gasteiger partial charge in [-0.1, -0.05) is 23.8 Å². The zero-order valence-electron chi connectivity index (χ0n) is 17.0. The van der Waals surface area contributed by atoms with Crippen molar-refractivity contribution in [2.24, 2.45) is 0 Å². The number of hydrogen-bond acceptors (Lipinski definition) is 4. The molecular weight excluding hydrogens is 364 g/mol. The summed E-state index contributed by atoms with van der Waals surface area (Å²) >= 11 is 0. The smallest absolute Gasteiger partial charge is 0.258 e. The molecule has 1 fully saturated rings. The van der Waals surface area contributed by atoms with Gasteiger partial charge in [0.1, 0.15) is 5.65 Å². The summed E-state index contributed by atoms with van der Waals surface area (Å²) < 4.78 is 1.59. The molecule has 3 heterocycles. The average molecular weight is 390 g/mol. The Morgan fingerprint density at radius 3 is 2.72 bits per heavy atom. The van der Waals surface area contributed by atoms with Gasteiger partial charge in [0.15, 0.2) is 0 Å². The van der Waals surface area contributed by atoms with Gasteiger partial charge in [0, 0.05) is 50.6 Å². The van der Waals surface area contributed by atoms with Gasteiger partial charge in [0.25, 0.3) is 11.5 Å². The lowest BCUT2D eigenvalue weighted by atomic mass is 10.1. The number of nitrogens with zero attached hydrogens (tertiary/aromatic N) is 4. The summed E-state index contributed by atoms with van der Waals surface area (Å²) in [6.07, 6.45) is 2.66. The maximum absolute atomic E-state index is 12.8. The van der Waals surface area contributed by atoms with Crippen LogP contribution in [0.15, 0.2) is 53.5 Å². The van der Waals surface area contributed by atoms with Gasteiger partial charge in [-0.15, -0.1) is 0 Å². The van der Waals surface area contributed by atoms with Crippen LogP contribution >= 0.6 is 0 Å². The molecule has 1 amide bonds. The number of rotatable bonds is 3. The maximum atomic E-state index is 12.8. The fourth-order valence-electron chi connectivity index (χ4n) is 3.91. The highest BCUT2D eigenvalue weighted by atomic mass is 16.2. The minimum Gasteiger partial charge on any atom is -0.337 e. The van der Waals surface area contributed by atoms with Crippen molar-refractivity contribution in [2.75, 3.05) is 26.2 Å². The summed E-state index contributed by atoms with van der Waals surface area (Å²) in [5, 5.41) is 0. The molecule has 3 aromatic rings. The number of fused-ring (bicyclic) bond motifs is 1. The first-order chi connectivity index (χ1) is 14.0. The fourth-order valence-corrected chi connectivity index (χ4v) is 3.91. The molecule has 1 aliphatic rings. The van der Waals surface area contributed by atoms with Crippen molar-refractivity contribution >= 4 is 11.6 Å². The van der Waals surface area contributed by atoms with Crippen LogP contribution in [0.5, 0.6) is 0 Å². The van der Waals surface area contributed by atoms with E-state index < -0.39 is 0 Å². The van der Waals surface area contributed by atoms with Gasteiger partial charge >= 0.3 is 0 Å². The number of pyridine rings is 1. The molecule has 0 N–H and O–H groups in total. The second kappa shape index (κ2) is 8.17. The third-order valence-corrected chi connectivity index (χ3v) is 5.47. The van der Waals surface area contributed by atoms with Gasteiger partial charge < -0.3 is 4.90 Å². The first-order valence-corrected chi connectivity index (χ1v) is 10.1. The molecule has 1 aromatic carbocycles. The Hall–Kier alpha value is -2.99. The van der Waals surface area contributed by atoms with Crippen LogP contribution in [-0.2, 0) is 6.54 Å². The van der Waals surface area contributed by atoms with E-state index in [2.05, 4.69) is 4.90 Å². The van der Waals surface area contributed by atoms with Gasteiger partial charge in [-0.2, -0.15) is 0 Å². The summed E-state index contributed by atoms with van der Waals surface area (Å²) in [5.41, 5.74) is 4.26. The minimum atomic E-state index is -0.0558. The third-order valence-electron chi connectivity index (χ3n) is 5.47. The molecule has 6 heteroatoms. The van der Waals surface area contributed by atoms with E-state index >= 15 is 0 Å². The average Bonchev–Trinajstić information content (AvgIpc) is 2.94. The van der Waals surface area contributed by atoms with E-state index in [-0.39, 0.29) is 11.5 Å². The van der Waals surface area contributed by atoms with Crippen LogP contribution in [0.3, 0.4) is 0 Å². The fraction of sp³-hybridized carbons (Fsp3) is 0.348. The number of aryl methyl sites for hydroxylation is 2. The minimum absolute atomic E-state index is 0.0558. The lowest BCUT2D eigenvalue weighted by Gasteiger charge is -2.22. The van der Waals surface area contributed by atoms with Crippen molar-refractivity contribution < 1.29 is 4.79 Å². The second-order valence-electron chi connectivity index (χ2n) is 7.76. The molecule has 1 saturated heterocycles. The molecule has 0 bridgehead atoms. The summed E-state index contributed by atoms with van der Waals surface area (Å²) in [7, 11) is 0. The molecule has 0 unspecified atom stereocenters. The lowest BCUT2D eigenvalue weighted by Crippen LogP contribution is -2.35. The van der Waals surface area contributed by atoms with E-state index in [0.29, 0.717) is 18.7 Å². The van der Waals surface area contributed by atoms with E-state index in [4.69, 9.17) is 4.98 Å². The molecule has 6 nitrogen and oxygen atoms in total. The van der Waals surface area contributed by atoms with Crippen molar-refractivity contribution in [3.63, 3.8) is 0 Å². The topological polar surface area (TPSA) is 57.9 Å². The van der Waals surface area contributed by atoms with Crippen LogP contribution in [-0.4, -0.2) is 51.3 Å². The van der Waals surface area contributed by atoms with Crippen LogP contribution in [0, 0.1) is 13.8 Å². The number of carbonyl (C=O) groups is 1. The Morgan fingerprint density at radius 2 is 1.90 bits per heavy atom. The lowest BCUT2D eigenvalue weighted by molar-refractivity contribution is 0.0761. The van der Waals surface area contributed by atoms with Gasteiger partial charge in [-0.05, 0) is 44.0 Å². The predicted octanol–water partition coefficient (Wildman–Crippen LogP) is 2.66. The zero-order chi connectivity index (χ0) is 20.4.